The smallest absolute Gasteiger partial charge is 0.232 e. The number of carbonyl (C=O) groups is 1. The van der Waals surface area contributed by atoms with Gasteiger partial charge in [0.1, 0.15) is 0 Å². The Morgan fingerprint density at radius 3 is 2.17 bits per heavy atom. The molecule has 0 radical (unpaired) electrons. The summed E-state index contributed by atoms with van der Waals surface area (Å²) in [6.07, 6.45) is 1.39. The standard InChI is InChI=1S/C17H27N3O3S/c1-14-6-5-7-15(2)17(14)20(24(4,22)23)9-8-16(21)19-12-10-18(3)11-13-19/h5-7H,8-13H2,1-4H3. The summed E-state index contributed by atoms with van der Waals surface area (Å²) in [6.45, 7) is 7.09. The van der Waals surface area contributed by atoms with Crippen LogP contribution in [0.5, 0.6) is 0 Å². The fourth-order valence-corrected chi connectivity index (χ4v) is 4.10. The number of hydrogen-bond donors (Lipinski definition) is 0. The topological polar surface area (TPSA) is 60.9 Å². The van der Waals surface area contributed by atoms with Gasteiger partial charge in [-0.1, -0.05) is 18.2 Å². The minimum absolute atomic E-state index is 0.0167. The monoisotopic (exact) mass is 353 g/mol. The number of hydrogen-bond acceptors (Lipinski definition) is 4. The molecule has 7 heteroatoms. The maximum Gasteiger partial charge on any atom is 0.232 e. The zero-order valence-corrected chi connectivity index (χ0v) is 15.8. The second kappa shape index (κ2) is 7.53. The van der Waals surface area contributed by atoms with E-state index in [0.29, 0.717) is 18.8 Å². The van der Waals surface area contributed by atoms with Gasteiger partial charge in [0.15, 0.2) is 0 Å². The third-order valence-electron chi connectivity index (χ3n) is 4.47. The van der Waals surface area contributed by atoms with E-state index in [2.05, 4.69) is 4.90 Å². The first kappa shape index (κ1) is 18.7. The van der Waals surface area contributed by atoms with E-state index in [4.69, 9.17) is 0 Å². The van der Waals surface area contributed by atoms with Crippen LogP contribution in [0.15, 0.2) is 18.2 Å². The highest BCUT2D eigenvalue weighted by atomic mass is 32.2. The van der Waals surface area contributed by atoms with Gasteiger partial charge in [0.2, 0.25) is 15.9 Å². The average molecular weight is 353 g/mol. The van der Waals surface area contributed by atoms with Crippen molar-refractivity contribution in [3.8, 4) is 0 Å². The third-order valence-corrected chi connectivity index (χ3v) is 5.64. The maximum absolute atomic E-state index is 12.4. The number of carbonyl (C=O) groups excluding carboxylic acids is 1. The number of likely N-dealkylation sites (N-methyl/N-ethyl adjacent to an activating group) is 1. The van der Waals surface area contributed by atoms with E-state index in [9.17, 15) is 13.2 Å². The number of nitrogens with zero attached hydrogens (tertiary/aromatic N) is 3. The second-order valence-electron chi connectivity index (χ2n) is 6.51. The largest absolute Gasteiger partial charge is 0.340 e. The van der Waals surface area contributed by atoms with Crippen LogP contribution in [0, 0.1) is 13.8 Å². The Morgan fingerprint density at radius 2 is 1.67 bits per heavy atom. The highest BCUT2D eigenvalue weighted by molar-refractivity contribution is 7.92. The van der Waals surface area contributed by atoms with E-state index in [0.717, 1.165) is 24.2 Å². The van der Waals surface area contributed by atoms with Crippen molar-refractivity contribution in [3.63, 3.8) is 0 Å². The molecule has 0 spiro atoms. The third kappa shape index (κ3) is 4.48. The number of aryl methyl sites for hydroxylation is 2. The van der Waals surface area contributed by atoms with Crippen molar-refractivity contribution in [3.05, 3.63) is 29.3 Å². The Bertz CT molecular complexity index is 675. The number of rotatable bonds is 5. The SMILES string of the molecule is Cc1cccc(C)c1N(CCC(=O)N1CCN(C)CC1)S(C)(=O)=O. The van der Waals surface area contributed by atoms with Crippen LogP contribution in [0.25, 0.3) is 0 Å². The zero-order chi connectivity index (χ0) is 17.9. The van der Waals surface area contributed by atoms with Crippen molar-refractivity contribution >= 4 is 21.6 Å². The van der Waals surface area contributed by atoms with Gasteiger partial charge in [-0.2, -0.15) is 0 Å². The summed E-state index contributed by atoms with van der Waals surface area (Å²) < 4.78 is 25.9. The summed E-state index contributed by atoms with van der Waals surface area (Å²) in [5, 5.41) is 0. The van der Waals surface area contributed by atoms with Crippen LogP contribution in [0.3, 0.4) is 0 Å². The predicted molar refractivity (Wildman–Crippen MR) is 96.8 cm³/mol. The molecule has 0 N–H and O–H groups in total. The molecule has 1 amide bonds. The fourth-order valence-electron chi connectivity index (χ4n) is 3.05. The molecular formula is C17H27N3O3S. The van der Waals surface area contributed by atoms with Gasteiger partial charge in [0, 0.05) is 39.1 Å². The molecule has 1 aromatic rings. The summed E-state index contributed by atoms with van der Waals surface area (Å²) in [5.74, 6) is 0.0167. The van der Waals surface area contributed by atoms with E-state index < -0.39 is 10.0 Å². The lowest BCUT2D eigenvalue weighted by Gasteiger charge is -2.33. The van der Waals surface area contributed by atoms with Crippen LogP contribution in [0.4, 0.5) is 5.69 Å². The maximum atomic E-state index is 12.4. The lowest BCUT2D eigenvalue weighted by atomic mass is 10.1. The van der Waals surface area contributed by atoms with Gasteiger partial charge in [0.25, 0.3) is 0 Å². The lowest BCUT2D eigenvalue weighted by Crippen LogP contribution is -2.48. The Labute approximate surface area is 145 Å². The summed E-state index contributed by atoms with van der Waals surface area (Å²) in [4.78, 5) is 16.4. The molecule has 0 bridgehead atoms. The van der Waals surface area contributed by atoms with Crippen LogP contribution in [-0.2, 0) is 14.8 Å². The Kier molecular flexibility index (Phi) is 5.87. The van der Waals surface area contributed by atoms with Gasteiger partial charge in [-0.05, 0) is 32.0 Å². The highest BCUT2D eigenvalue weighted by Gasteiger charge is 2.24. The molecule has 1 aromatic carbocycles. The van der Waals surface area contributed by atoms with Crippen LogP contribution in [0.1, 0.15) is 17.5 Å². The zero-order valence-electron chi connectivity index (χ0n) is 14.9. The van der Waals surface area contributed by atoms with E-state index in [1.165, 1.54) is 10.6 Å². The molecule has 0 saturated carbocycles. The molecule has 6 nitrogen and oxygen atoms in total. The molecule has 1 aliphatic heterocycles. The molecule has 0 atom stereocenters. The average Bonchev–Trinajstić information content (AvgIpc) is 2.49. The van der Waals surface area contributed by atoms with Gasteiger partial charge in [-0.25, -0.2) is 8.42 Å². The lowest BCUT2D eigenvalue weighted by molar-refractivity contribution is -0.132. The molecule has 0 aromatic heterocycles. The van der Waals surface area contributed by atoms with E-state index in [1.807, 2.05) is 44.0 Å². The van der Waals surface area contributed by atoms with Crippen LogP contribution >= 0.6 is 0 Å². The van der Waals surface area contributed by atoms with Crippen LogP contribution in [-0.4, -0.2) is 70.2 Å². The normalized spacial score (nSPS) is 16.2. The van der Waals surface area contributed by atoms with Gasteiger partial charge in [-0.15, -0.1) is 0 Å². The summed E-state index contributed by atoms with van der Waals surface area (Å²) >= 11 is 0. The number of para-hydroxylation sites is 1. The minimum Gasteiger partial charge on any atom is -0.340 e. The number of piperazine rings is 1. The first-order valence-corrected chi connectivity index (χ1v) is 10.0. The molecule has 0 aliphatic carbocycles. The summed E-state index contributed by atoms with van der Waals surface area (Å²) in [6, 6.07) is 5.69. The Balaban J connectivity index is 2.12. The van der Waals surface area contributed by atoms with E-state index >= 15 is 0 Å². The molecule has 1 aliphatic rings. The second-order valence-corrected chi connectivity index (χ2v) is 8.42. The van der Waals surface area contributed by atoms with Crippen molar-refractivity contribution in [1.29, 1.82) is 0 Å². The van der Waals surface area contributed by atoms with Crippen molar-refractivity contribution < 1.29 is 13.2 Å². The van der Waals surface area contributed by atoms with E-state index in [1.54, 1.807) is 0 Å². The summed E-state index contributed by atoms with van der Waals surface area (Å²) in [7, 11) is -1.41. The molecule has 24 heavy (non-hydrogen) atoms. The minimum atomic E-state index is -3.44. The predicted octanol–water partition coefficient (Wildman–Crippen LogP) is 1.23. The van der Waals surface area contributed by atoms with Crippen LogP contribution in [0.2, 0.25) is 0 Å². The molecular weight excluding hydrogens is 326 g/mol. The van der Waals surface area contributed by atoms with Crippen molar-refractivity contribution in [1.82, 2.24) is 9.80 Å². The molecule has 134 valence electrons. The molecule has 1 heterocycles. The summed E-state index contributed by atoms with van der Waals surface area (Å²) in [5.41, 5.74) is 2.48. The molecule has 2 rings (SSSR count). The first-order valence-electron chi connectivity index (χ1n) is 8.20. The van der Waals surface area contributed by atoms with Gasteiger partial charge >= 0.3 is 0 Å². The highest BCUT2D eigenvalue weighted by Crippen LogP contribution is 2.27. The first-order chi connectivity index (χ1) is 11.2. The molecule has 1 saturated heterocycles. The molecule has 1 fully saturated rings. The number of amides is 1. The Hall–Kier alpha value is -1.60. The quantitative estimate of drug-likeness (QED) is 0.799. The number of benzene rings is 1. The fraction of sp³-hybridized carbons (Fsp3) is 0.588. The van der Waals surface area contributed by atoms with Crippen molar-refractivity contribution in [2.24, 2.45) is 0 Å². The van der Waals surface area contributed by atoms with Gasteiger partial charge < -0.3 is 9.80 Å². The van der Waals surface area contributed by atoms with Crippen LogP contribution < -0.4 is 4.31 Å². The Morgan fingerprint density at radius 1 is 1.12 bits per heavy atom. The number of sulfonamides is 1. The molecule has 0 unspecified atom stereocenters. The van der Waals surface area contributed by atoms with Crippen molar-refractivity contribution in [2.75, 3.05) is 50.3 Å². The number of anilines is 1. The van der Waals surface area contributed by atoms with Gasteiger partial charge in [-0.3, -0.25) is 9.10 Å². The van der Waals surface area contributed by atoms with Crippen molar-refractivity contribution in [2.45, 2.75) is 20.3 Å². The van der Waals surface area contributed by atoms with E-state index in [-0.39, 0.29) is 18.9 Å². The van der Waals surface area contributed by atoms with Gasteiger partial charge in [0.05, 0.1) is 11.9 Å².